The second kappa shape index (κ2) is 6.94. The molecule has 0 N–H and O–H groups in total. The van der Waals surface area contributed by atoms with Crippen molar-refractivity contribution in [3.8, 4) is 0 Å². The summed E-state index contributed by atoms with van der Waals surface area (Å²) >= 11 is 0. The molecule has 1 aliphatic heterocycles. The van der Waals surface area contributed by atoms with Gasteiger partial charge in [0.1, 0.15) is 6.54 Å². The van der Waals surface area contributed by atoms with Crippen molar-refractivity contribution < 1.29 is 4.48 Å². The number of piperidine rings is 1. The van der Waals surface area contributed by atoms with E-state index in [0.29, 0.717) is 0 Å². The molecule has 1 heteroatoms. The van der Waals surface area contributed by atoms with Gasteiger partial charge in [-0.25, -0.2) is 0 Å². The summed E-state index contributed by atoms with van der Waals surface area (Å²) in [5.74, 6) is 0. The minimum Gasteiger partial charge on any atom is -0.320 e. The van der Waals surface area contributed by atoms with Crippen molar-refractivity contribution in [3.63, 3.8) is 0 Å². The third kappa shape index (κ3) is 3.84. The van der Waals surface area contributed by atoms with Crippen LogP contribution < -0.4 is 0 Å². The van der Waals surface area contributed by atoms with Crippen LogP contribution in [0.5, 0.6) is 0 Å². The van der Waals surface area contributed by atoms with Gasteiger partial charge in [0.15, 0.2) is 0 Å². The van der Waals surface area contributed by atoms with Crippen molar-refractivity contribution in [2.24, 2.45) is 0 Å². The van der Waals surface area contributed by atoms with E-state index < -0.39 is 0 Å². The van der Waals surface area contributed by atoms with Gasteiger partial charge in [-0.1, -0.05) is 43.7 Å². The zero-order chi connectivity index (χ0) is 12.7. The number of likely N-dealkylation sites (tertiary alicyclic amines) is 1. The Balaban J connectivity index is 1.99. The Labute approximate surface area is 112 Å². The lowest BCUT2D eigenvalue weighted by Gasteiger charge is -2.42. The van der Waals surface area contributed by atoms with Crippen LogP contribution in [-0.4, -0.2) is 24.1 Å². The van der Waals surface area contributed by atoms with E-state index in [9.17, 15) is 0 Å². The zero-order valence-corrected chi connectivity index (χ0v) is 11.9. The van der Waals surface area contributed by atoms with Gasteiger partial charge in [0.2, 0.25) is 0 Å². The molecule has 1 aromatic carbocycles. The highest BCUT2D eigenvalue weighted by Gasteiger charge is 2.29. The molecule has 2 rings (SSSR count). The van der Waals surface area contributed by atoms with Gasteiger partial charge < -0.3 is 4.48 Å². The van der Waals surface area contributed by atoms with Gasteiger partial charge in [-0.2, -0.15) is 0 Å². The van der Waals surface area contributed by atoms with E-state index in [4.69, 9.17) is 0 Å². The highest BCUT2D eigenvalue weighted by Crippen LogP contribution is 2.24. The Morgan fingerprint density at radius 2 is 1.67 bits per heavy atom. The standard InChI is InChI=1S/C17H28N/c1-2-3-8-13-18(14-9-5-10-15-18)16-17-11-6-4-7-12-17/h4,6-7,11-12H,2-3,5,8-10,13-16H2,1H3/q+1. The summed E-state index contributed by atoms with van der Waals surface area (Å²) in [6.07, 6.45) is 8.45. The van der Waals surface area contributed by atoms with Crippen LogP contribution in [0.4, 0.5) is 0 Å². The third-order valence-corrected chi connectivity index (χ3v) is 4.36. The van der Waals surface area contributed by atoms with Gasteiger partial charge in [0.25, 0.3) is 0 Å². The average Bonchev–Trinajstić information content (AvgIpc) is 2.41. The van der Waals surface area contributed by atoms with Crippen LogP contribution in [0.15, 0.2) is 30.3 Å². The number of benzene rings is 1. The molecule has 100 valence electrons. The predicted octanol–water partition coefficient (Wildman–Crippen LogP) is 4.38. The minimum absolute atomic E-state index is 1.25. The fraction of sp³-hybridized carbons (Fsp3) is 0.647. The normalized spacial score (nSPS) is 18.7. The van der Waals surface area contributed by atoms with E-state index in [1.807, 2.05) is 0 Å². The van der Waals surface area contributed by atoms with E-state index in [1.165, 1.54) is 74.8 Å². The van der Waals surface area contributed by atoms with Crippen LogP contribution in [0.3, 0.4) is 0 Å². The Bertz CT molecular complexity index is 325. The first-order chi connectivity index (χ1) is 8.85. The number of nitrogens with zero attached hydrogens (tertiary/aromatic N) is 1. The molecular weight excluding hydrogens is 218 g/mol. The van der Waals surface area contributed by atoms with Crippen molar-refractivity contribution in [2.45, 2.75) is 52.0 Å². The van der Waals surface area contributed by atoms with Crippen molar-refractivity contribution in [1.82, 2.24) is 0 Å². The Morgan fingerprint density at radius 1 is 0.944 bits per heavy atom. The smallest absolute Gasteiger partial charge is 0.104 e. The molecule has 1 saturated heterocycles. The highest BCUT2D eigenvalue weighted by molar-refractivity contribution is 5.13. The van der Waals surface area contributed by atoms with Gasteiger partial charge in [0.05, 0.1) is 19.6 Å². The van der Waals surface area contributed by atoms with E-state index in [1.54, 1.807) is 0 Å². The maximum absolute atomic E-state index is 2.30. The summed E-state index contributed by atoms with van der Waals surface area (Å²) in [4.78, 5) is 0. The van der Waals surface area contributed by atoms with Crippen LogP contribution in [0.1, 0.15) is 51.0 Å². The molecular formula is C17H28N+. The SMILES string of the molecule is CCCCC[N+]1(Cc2ccccc2)CCCCC1. The fourth-order valence-electron chi connectivity index (χ4n) is 3.31. The quantitative estimate of drug-likeness (QED) is 0.516. The maximum atomic E-state index is 2.30. The zero-order valence-electron chi connectivity index (χ0n) is 11.9. The fourth-order valence-corrected chi connectivity index (χ4v) is 3.31. The molecule has 1 heterocycles. The molecule has 0 amide bonds. The first-order valence-electron chi connectivity index (χ1n) is 7.74. The molecule has 1 nitrogen and oxygen atoms in total. The molecule has 18 heavy (non-hydrogen) atoms. The van der Waals surface area contributed by atoms with E-state index in [-0.39, 0.29) is 0 Å². The number of hydrogen-bond acceptors (Lipinski definition) is 0. The molecule has 1 aliphatic rings. The molecule has 0 aromatic heterocycles. The number of rotatable bonds is 6. The number of hydrogen-bond donors (Lipinski definition) is 0. The van der Waals surface area contributed by atoms with Gasteiger partial charge in [-0.3, -0.25) is 0 Å². The summed E-state index contributed by atoms with van der Waals surface area (Å²) in [7, 11) is 0. The van der Waals surface area contributed by atoms with Gasteiger partial charge in [-0.15, -0.1) is 0 Å². The van der Waals surface area contributed by atoms with Crippen LogP contribution in [0.25, 0.3) is 0 Å². The van der Waals surface area contributed by atoms with Crippen LogP contribution in [-0.2, 0) is 6.54 Å². The lowest BCUT2D eigenvalue weighted by atomic mass is 10.0. The lowest BCUT2D eigenvalue weighted by Crippen LogP contribution is -2.51. The van der Waals surface area contributed by atoms with Crippen molar-refractivity contribution >= 4 is 0 Å². The van der Waals surface area contributed by atoms with Crippen molar-refractivity contribution in [2.75, 3.05) is 19.6 Å². The molecule has 1 fully saturated rings. The summed E-state index contributed by atoms with van der Waals surface area (Å²) in [6.45, 7) is 7.75. The minimum atomic E-state index is 1.25. The Morgan fingerprint density at radius 3 is 2.33 bits per heavy atom. The summed E-state index contributed by atoms with van der Waals surface area (Å²) in [6, 6.07) is 11.1. The van der Waals surface area contributed by atoms with Gasteiger partial charge in [-0.05, 0) is 32.1 Å². The second-order valence-corrected chi connectivity index (χ2v) is 5.92. The third-order valence-electron chi connectivity index (χ3n) is 4.36. The molecule has 0 spiro atoms. The first kappa shape index (κ1) is 13.6. The average molecular weight is 246 g/mol. The molecule has 0 saturated carbocycles. The molecule has 0 bridgehead atoms. The van der Waals surface area contributed by atoms with Crippen molar-refractivity contribution in [3.05, 3.63) is 35.9 Å². The van der Waals surface area contributed by atoms with E-state index in [2.05, 4.69) is 37.3 Å². The largest absolute Gasteiger partial charge is 0.320 e. The second-order valence-electron chi connectivity index (χ2n) is 5.92. The Hall–Kier alpha value is -0.820. The summed E-state index contributed by atoms with van der Waals surface area (Å²) in [5.41, 5.74) is 1.52. The molecule has 0 atom stereocenters. The summed E-state index contributed by atoms with van der Waals surface area (Å²) < 4.78 is 1.35. The van der Waals surface area contributed by atoms with Gasteiger partial charge >= 0.3 is 0 Å². The highest BCUT2D eigenvalue weighted by atomic mass is 15.4. The molecule has 0 radical (unpaired) electrons. The summed E-state index contributed by atoms with van der Waals surface area (Å²) in [5, 5.41) is 0. The predicted molar refractivity (Wildman–Crippen MR) is 78.4 cm³/mol. The van der Waals surface area contributed by atoms with Gasteiger partial charge in [0, 0.05) is 5.56 Å². The van der Waals surface area contributed by atoms with Crippen molar-refractivity contribution in [1.29, 1.82) is 0 Å². The van der Waals surface area contributed by atoms with Crippen LogP contribution >= 0.6 is 0 Å². The molecule has 1 aromatic rings. The van der Waals surface area contributed by atoms with Crippen LogP contribution in [0.2, 0.25) is 0 Å². The lowest BCUT2D eigenvalue weighted by molar-refractivity contribution is -0.945. The number of unbranched alkanes of at least 4 members (excludes halogenated alkanes) is 2. The molecule has 0 aliphatic carbocycles. The Kier molecular flexibility index (Phi) is 5.25. The topological polar surface area (TPSA) is 0 Å². The monoisotopic (exact) mass is 246 g/mol. The van der Waals surface area contributed by atoms with Crippen LogP contribution in [0, 0.1) is 0 Å². The molecule has 0 unspecified atom stereocenters. The first-order valence-corrected chi connectivity index (χ1v) is 7.74. The number of quaternary nitrogens is 1. The van der Waals surface area contributed by atoms with E-state index in [0.717, 1.165) is 0 Å². The maximum Gasteiger partial charge on any atom is 0.104 e. The van der Waals surface area contributed by atoms with E-state index >= 15 is 0 Å².